The molecule has 0 aromatic rings. The Hall–Kier alpha value is -0.170. The predicted octanol–water partition coefficient (Wildman–Crippen LogP) is -0.296. The average Bonchev–Trinajstić information content (AvgIpc) is 2.80. The number of nitrogens with zero attached hydrogens (tertiary/aromatic N) is 2. The van der Waals surface area contributed by atoms with Crippen molar-refractivity contribution >= 4 is 10.0 Å². The minimum absolute atomic E-state index is 0.211. The minimum atomic E-state index is -3.08. The summed E-state index contributed by atoms with van der Waals surface area (Å²) in [6, 6.07) is 0.376. The number of hydrogen-bond donors (Lipinski definition) is 1. The molecule has 2 fully saturated rings. The zero-order valence-corrected chi connectivity index (χ0v) is 11.5. The highest BCUT2D eigenvalue weighted by Crippen LogP contribution is 2.22. The maximum atomic E-state index is 12.4. The van der Waals surface area contributed by atoms with Crippen LogP contribution in [0.25, 0.3) is 0 Å². The SMILES string of the molecule is CN(C)C1CCN(S(=O)(=O)C2CCCNC2)C1. The number of sulfonamides is 1. The Morgan fingerprint density at radius 1 is 1.29 bits per heavy atom. The highest BCUT2D eigenvalue weighted by Gasteiger charge is 2.37. The van der Waals surface area contributed by atoms with Crippen molar-refractivity contribution in [3.63, 3.8) is 0 Å². The lowest BCUT2D eigenvalue weighted by atomic mass is 10.2. The Balaban J connectivity index is 2.01. The van der Waals surface area contributed by atoms with Crippen LogP contribution in [0.3, 0.4) is 0 Å². The van der Waals surface area contributed by atoms with E-state index in [0.717, 1.165) is 25.8 Å². The van der Waals surface area contributed by atoms with Gasteiger partial charge in [-0.1, -0.05) is 0 Å². The first-order valence-electron chi connectivity index (χ1n) is 6.38. The molecule has 17 heavy (non-hydrogen) atoms. The van der Waals surface area contributed by atoms with Gasteiger partial charge in [0.1, 0.15) is 0 Å². The molecule has 0 radical (unpaired) electrons. The van der Waals surface area contributed by atoms with E-state index in [4.69, 9.17) is 0 Å². The second-order valence-corrected chi connectivity index (χ2v) is 7.49. The molecule has 2 heterocycles. The van der Waals surface area contributed by atoms with Crippen molar-refractivity contribution in [2.75, 3.05) is 40.3 Å². The average molecular weight is 261 g/mol. The van der Waals surface area contributed by atoms with E-state index in [2.05, 4.69) is 10.2 Å². The van der Waals surface area contributed by atoms with E-state index in [1.807, 2.05) is 14.1 Å². The molecule has 1 N–H and O–H groups in total. The molecule has 2 aliphatic rings. The molecule has 2 unspecified atom stereocenters. The summed E-state index contributed by atoms with van der Waals surface area (Å²) in [6.07, 6.45) is 2.72. The van der Waals surface area contributed by atoms with Gasteiger partial charge in [0.15, 0.2) is 0 Å². The zero-order chi connectivity index (χ0) is 12.5. The van der Waals surface area contributed by atoms with Gasteiger partial charge in [-0.05, 0) is 39.9 Å². The van der Waals surface area contributed by atoms with Crippen LogP contribution in [0.15, 0.2) is 0 Å². The molecular formula is C11H23N3O2S. The third kappa shape index (κ3) is 2.81. The lowest BCUT2D eigenvalue weighted by molar-refractivity contribution is 0.301. The molecule has 0 aliphatic carbocycles. The van der Waals surface area contributed by atoms with Crippen LogP contribution in [0.2, 0.25) is 0 Å². The summed E-state index contributed by atoms with van der Waals surface area (Å²) in [5.74, 6) is 0. The standard InChI is InChI=1S/C11H23N3O2S/c1-13(2)10-5-7-14(9-10)17(15,16)11-4-3-6-12-8-11/h10-12H,3-9H2,1-2H3. The number of hydrogen-bond acceptors (Lipinski definition) is 4. The van der Waals surface area contributed by atoms with Crippen LogP contribution in [0.1, 0.15) is 19.3 Å². The fourth-order valence-electron chi connectivity index (χ4n) is 2.65. The van der Waals surface area contributed by atoms with Gasteiger partial charge in [0.2, 0.25) is 10.0 Å². The number of likely N-dealkylation sites (N-methyl/N-ethyl adjacent to an activating group) is 1. The van der Waals surface area contributed by atoms with Crippen LogP contribution in [0.5, 0.6) is 0 Å². The van der Waals surface area contributed by atoms with Crippen LogP contribution in [0.4, 0.5) is 0 Å². The molecule has 2 aliphatic heterocycles. The second-order valence-electron chi connectivity index (χ2n) is 5.28. The van der Waals surface area contributed by atoms with Gasteiger partial charge in [-0.25, -0.2) is 12.7 Å². The summed E-state index contributed by atoms with van der Waals surface area (Å²) in [6.45, 7) is 2.91. The van der Waals surface area contributed by atoms with E-state index in [0.29, 0.717) is 25.7 Å². The minimum Gasteiger partial charge on any atom is -0.315 e. The van der Waals surface area contributed by atoms with E-state index >= 15 is 0 Å². The molecule has 0 saturated carbocycles. The number of rotatable bonds is 3. The van der Waals surface area contributed by atoms with E-state index in [-0.39, 0.29) is 5.25 Å². The van der Waals surface area contributed by atoms with Crippen LogP contribution in [0, 0.1) is 0 Å². The second kappa shape index (κ2) is 5.22. The summed E-state index contributed by atoms with van der Waals surface area (Å²) in [4.78, 5) is 2.12. The zero-order valence-electron chi connectivity index (χ0n) is 10.7. The summed E-state index contributed by atoms with van der Waals surface area (Å²) < 4.78 is 26.5. The summed E-state index contributed by atoms with van der Waals surface area (Å²) >= 11 is 0. The van der Waals surface area contributed by atoms with Crippen molar-refractivity contribution in [2.24, 2.45) is 0 Å². The Labute approximate surface area is 104 Å². The van der Waals surface area contributed by atoms with Crippen LogP contribution in [-0.4, -0.2) is 69.2 Å². The first-order chi connectivity index (χ1) is 8.01. The molecule has 0 spiro atoms. The van der Waals surface area contributed by atoms with E-state index in [9.17, 15) is 8.42 Å². The van der Waals surface area contributed by atoms with Gasteiger partial charge >= 0.3 is 0 Å². The monoisotopic (exact) mass is 261 g/mol. The fourth-order valence-corrected chi connectivity index (χ4v) is 4.60. The summed E-state index contributed by atoms with van der Waals surface area (Å²) in [5, 5.41) is 2.97. The summed E-state index contributed by atoms with van der Waals surface area (Å²) in [5.41, 5.74) is 0. The maximum Gasteiger partial charge on any atom is 0.218 e. The topological polar surface area (TPSA) is 52.7 Å². The van der Waals surface area contributed by atoms with Crippen molar-refractivity contribution in [3.05, 3.63) is 0 Å². The molecule has 0 amide bonds. The molecule has 0 bridgehead atoms. The molecule has 2 saturated heterocycles. The molecule has 6 heteroatoms. The molecule has 2 rings (SSSR count). The van der Waals surface area contributed by atoms with Crippen molar-refractivity contribution in [3.8, 4) is 0 Å². The highest BCUT2D eigenvalue weighted by molar-refractivity contribution is 7.89. The summed E-state index contributed by atoms with van der Waals surface area (Å²) in [7, 11) is 0.950. The molecule has 0 aromatic carbocycles. The van der Waals surface area contributed by atoms with Gasteiger partial charge in [-0.3, -0.25) is 0 Å². The Kier molecular flexibility index (Phi) is 4.07. The Bertz CT molecular complexity index is 350. The molecule has 0 aromatic heterocycles. The lowest BCUT2D eigenvalue weighted by Crippen LogP contribution is -2.46. The maximum absolute atomic E-state index is 12.4. The number of nitrogens with one attached hydrogen (secondary N) is 1. The largest absolute Gasteiger partial charge is 0.315 e. The van der Waals surface area contributed by atoms with Crippen molar-refractivity contribution in [2.45, 2.75) is 30.6 Å². The predicted molar refractivity (Wildman–Crippen MR) is 68.5 cm³/mol. The van der Waals surface area contributed by atoms with Gasteiger partial charge in [0.25, 0.3) is 0 Å². The molecular weight excluding hydrogens is 238 g/mol. The molecule has 2 atom stereocenters. The van der Waals surface area contributed by atoms with Crippen LogP contribution < -0.4 is 5.32 Å². The van der Waals surface area contributed by atoms with Gasteiger partial charge in [0, 0.05) is 25.7 Å². The first kappa shape index (κ1) is 13.3. The quantitative estimate of drug-likeness (QED) is 0.758. The van der Waals surface area contributed by atoms with Crippen LogP contribution in [-0.2, 0) is 10.0 Å². The third-order valence-corrected chi connectivity index (χ3v) is 6.19. The van der Waals surface area contributed by atoms with Gasteiger partial charge in [-0.2, -0.15) is 0 Å². The van der Waals surface area contributed by atoms with Gasteiger partial charge in [-0.15, -0.1) is 0 Å². The third-order valence-electron chi connectivity index (χ3n) is 3.89. The van der Waals surface area contributed by atoms with Gasteiger partial charge < -0.3 is 10.2 Å². The van der Waals surface area contributed by atoms with Crippen molar-refractivity contribution in [1.29, 1.82) is 0 Å². The highest BCUT2D eigenvalue weighted by atomic mass is 32.2. The van der Waals surface area contributed by atoms with Crippen molar-refractivity contribution < 1.29 is 8.42 Å². The van der Waals surface area contributed by atoms with E-state index < -0.39 is 10.0 Å². The van der Waals surface area contributed by atoms with E-state index in [1.165, 1.54) is 0 Å². The molecule has 5 nitrogen and oxygen atoms in total. The van der Waals surface area contributed by atoms with Crippen LogP contribution >= 0.6 is 0 Å². The first-order valence-corrected chi connectivity index (χ1v) is 7.88. The molecule has 100 valence electrons. The smallest absolute Gasteiger partial charge is 0.218 e. The van der Waals surface area contributed by atoms with Gasteiger partial charge in [0.05, 0.1) is 5.25 Å². The van der Waals surface area contributed by atoms with E-state index in [1.54, 1.807) is 4.31 Å². The number of piperidine rings is 1. The Morgan fingerprint density at radius 2 is 2.06 bits per heavy atom. The fraction of sp³-hybridized carbons (Fsp3) is 1.00. The van der Waals surface area contributed by atoms with Crippen molar-refractivity contribution in [1.82, 2.24) is 14.5 Å². The lowest BCUT2D eigenvalue weighted by Gasteiger charge is -2.28. The normalized spacial score (nSPS) is 32.2. The Morgan fingerprint density at radius 3 is 2.59 bits per heavy atom.